The summed E-state index contributed by atoms with van der Waals surface area (Å²) in [5, 5.41) is 6.28. The molecule has 0 aromatic heterocycles. The van der Waals surface area contributed by atoms with Gasteiger partial charge in [-0.1, -0.05) is 13.8 Å². The van der Waals surface area contributed by atoms with Gasteiger partial charge in [-0.3, -0.25) is 0 Å². The van der Waals surface area contributed by atoms with Gasteiger partial charge in [0.2, 0.25) is 0 Å². The topological polar surface area (TPSA) is 50.4 Å². The monoisotopic (exact) mass is 242 g/mol. The minimum Gasteiger partial charge on any atom is -0.444 e. The van der Waals surface area contributed by atoms with Crippen molar-refractivity contribution in [1.82, 2.24) is 10.6 Å². The van der Waals surface area contributed by atoms with Crippen LogP contribution < -0.4 is 10.6 Å². The van der Waals surface area contributed by atoms with Crippen LogP contribution in [0.25, 0.3) is 0 Å². The van der Waals surface area contributed by atoms with Crippen LogP contribution in [0.4, 0.5) is 4.79 Å². The van der Waals surface area contributed by atoms with Gasteiger partial charge in [0.15, 0.2) is 0 Å². The zero-order valence-corrected chi connectivity index (χ0v) is 11.7. The van der Waals surface area contributed by atoms with Gasteiger partial charge in [0.25, 0.3) is 0 Å². The third-order valence-corrected chi connectivity index (χ3v) is 3.12. The molecule has 1 fully saturated rings. The molecule has 0 radical (unpaired) electrons. The Balaban J connectivity index is 2.33. The fourth-order valence-electron chi connectivity index (χ4n) is 2.32. The molecule has 1 aliphatic rings. The van der Waals surface area contributed by atoms with Crippen LogP contribution in [0.5, 0.6) is 0 Å². The maximum Gasteiger partial charge on any atom is 0.407 e. The first-order valence-corrected chi connectivity index (χ1v) is 6.50. The summed E-state index contributed by atoms with van der Waals surface area (Å²) >= 11 is 0. The normalized spacial score (nSPS) is 25.1. The lowest BCUT2D eigenvalue weighted by molar-refractivity contribution is 0.0519. The summed E-state index contributed by atoms with van der Waals surface area (Å²) in [6, 6.07) is 0.377. The van der Waals surface area contributed by atoms with Gasteiger partial charge in [0.1, 0.15) is 5.60 Å². The molecule has 0 spiro atoms. The molecule has 0 aromatic rings. The van der Waals surface area contributed by atoms with Gasteiger partial charge in [-0.2, -0.15) is 0 Å². The van der Waals surface area contributed by atoms with Crippen molar-refractivity contribution in [3.8, 4) is 0 Å². The lowest BCUT2D eigenvalue weighted by atomic mass is 9.89. The van der Waals surface area contributed by atoms with Gasteiger partial charge in [-0.05, 0) is 45.6 Å². The molecule has 4 nitrogen and oxygen atoms in total. The first-order valence-electron chi connectivity index (χ1n) is 6.50. The quantitative estimate of drug-likeness (QED) is 0.797. The summed E-state index contributed by atoms with van der Waals surface area (Å²) in [4.78, 5) is 11.5. The van der Waals surface area contributed by atoms with Gasteiger partial charge in [-0.25, -0.2) is 4.79 Å². The highest BCUT2D eigenvalue weighted by atomic mass is 16.6. The molecule has 0 aromatic carbocycles. The molecule has 0 saturated carbocycles. The smallest absolute Gasteiger partial charge is 0.407 e. The van der Waals surface area contributed by atoms with Crippen molar-refractivity contribution >= 4 is 6.09 Å². The van der Waals surface area contributed by atoms with Crippen LogP contribution in [0.2, 0.25) is 0 Å². The Hall–Kier alpha value is -0.770. The molecule has 1 amide bonds. The average molecular weight is 242 g/mol. The number of amides is 1. The van der Waals surface area contributed by atoms with Crippen molar-refractivity contribution in [2.24, 2.45) is 11.8 Å². The largest absolute Gasteiger partial charge is 0.444 e. The summed E-state index contributed by atoms with van der Waals surface area (Å²) in [6.07, 6.45) is 0.868. The van der Waals surface area contributed by atoms with Crippen molar-refractivity contribution in [2.75, 3.05) is 13.1 Å². The lowest BCUT2D eigenvalue weighted by Crippen LogP contribution is -2.43. The summed E-state index contributed by atoms with van der Waals surface area (Å²) in [7, 11) is 0. The van der Waals surface area contributed by atoms with E-state index >= 15 is 0 Å². The molecular formula is C13H26N2O2. The first-order chi connectivity index (χ1) is 7.79. The van der Waals surface area contributed by atoms with Gasteiger partial charge in [-0.15, -0.1) is 0 Å². The predicted molar refractivity (Wildman–Crippen MR) is 69.0 cm³/mol. The Morgan fingerprint density at radius 2 is 2.12 bits per heavy atom. The van der Waals surface area contributed by atoms with E-state index in [1.54, 1.807) is 0 Å². The molecule has 1 saturated heterocycles. The molecule has 0 aliphatic carbocycles. The highest BCUT2D eigenvalue weighted by Crippen LogP contribution is 2.23. The number of carbonyl (C=O) groups excluding carboxylic acids is 1. The second kappa shape index (κ2) is 5.71. The number of alkyl carbamates (subject to hydrolysis) is 1. The molecule has 1 aliphatic heterocycles. The molecular weight excluding hydrogens is 216 g/mol. The van der Waals surface area contributed by atoms with E-state index in [0.717, 1.165) is 6.54 Å². The van der Waals surface area contributed by atoms with E-state index in [1.807, 2.05) is 20.8 Å². The number of hydrogen-bond donors (Lipinski definition) is 2. The zero-order chi connectivity index (χ0) is 13.1. The van der Waals surface area contributed by atoms with Crippen molar-refractivity contribution in [3.63, 3.8) is 0 Å². The number of hydrogen-bond acceptors (Lipinski definition) is 3. The van der Waals surface area contributed by atoms with E-state index in [0.29, 0.717) is 24.4 Å². The molecule has 4 heteroatoms. The van der Waals surface area contributed by atoms with Gasteiger partial charge in [0.05, 0.1) is 0 Å². The summed E-state index contributed by atoms with van der Waals surface area (Å²) < 4.78 is 5.22. The predicted octanol–water partition coefficient (Wildman–Crippen LogP) is 2.15. The number of ether oxygens (including phenoxy) is 1. The van der Waals surface area contributed by atoms with Crippen LogP contribution in [0, 0.1) is 11.8 Å². The highest BCUT2D eigenvalue weighted by Gasteiger charge is 2.29. The van der Waals surface area contributed by atoms with Gasteiger partial charge < -0.3 is 15.4 Å². The van der Waals surface area contributed by atoms with E-state index in [9.17, 15) is 4.79 Å². The second-order valence-electron chi connectivity index (χ2n) is 6.14. The molecule has 2 atom stereocenters. The van der Waals surface area contributed by atoms with Crippen LogP contribution in [0.3, 0.4) is 0 Å². The van der Waals surface area contributed by atoms with Gasteiger partial charge in [0, 0.05) is 12.6 Å². The highest BCUT2D eigenvalue weighted by molar-refractivity contribution is 5.67. The molecule has 0 unspecified atom stereocenters. The standard InChI is InChI=1S/C13H26N2O2/c1-9(2)10-6-7-14-11(10)8-15-12(16)17-13(3,4)5/h9-11,14H,6-8H2,1-5H3,(H,15,16)/t10-,11-/m1/s1. The SMILES string of the molecule is CC(C)[C@H]1CCN[C@@H]1CNC(=O)OC(C)(C)C. The Morgan fingerprint density at radius 1 is 1.47 bits per heavy atom. The van der Waals surface area contributed by atoms with Crippen LogP contribution in [-0.2, 0) is 4.74 Å². The van der Waals surface area contributed by atoms with Crippen LogP contribution in [-0.4, -0.2) is 30.8 Å². The van der Waals surface area contributed by atoms with E-state index < -0.39 is 5.60 Å². The number of nitrogens with one attached hydrogen (secondary N) is 2. The Kier molecular flexibility index (Phi) is 4.80. The maximum absolute atomic E-state index is 11.5. The summed E-state index contributed by atoms with van der Waals surface area (Å²) in [5.74, 6) is 1.29. The van der Waals surface area contributed by atoms with E-state index in [2.05, 4.69) is 24.5 Å². The minimum atomic E-state index is -0.426. The van der Waals surface area contributed by atoms with Crippen molar-refractivity contribution in [1.29, 1.82) is 0 Å². The second-order valence-corrected chi connectivity index (χ2v) is 6.14. The van der Waals surface area contributed by atoms with Crippen molar-refractivity contribution in [2.45, 2.75) is 52.7 Å². The van der Waals surface area contributed by atoms with Crippen LogP contribution in [0.1, 0.15) is 41.0 Å². The number of rotatable bonds is 3. The van der Waals surface area contributed by atoms with Crippen molar-refractivity contribution < 1.29 is 9.53 Å². The van der Waals surface area contributed by atoms with Crippen molar-refractivity contribution in [3.05, 3.63) is 0 Å². The Morgan fingerprint density at radius 3 is 2.65 bits per heavy atom. The molecule has 1 heterocycles. The van der Waals surface area contributed by atoms with E-state index in [-0.39, 0.29) is 6.09 Å². The molecule has 100 valence electrons. The lowest BCUT2D eigenvalue weighted by Gasteiger charge is -2.24. The third kappa shape index (κ3) is 4.94. The number of carbonyl (C=O) groups is 1. The van der Waals surface area contributed by atoms with E-state index in [1.165, 1.54) is 6.42 Å². The first kappa shape index (κ1) is 14.3. The minimum absolute atomic E-state index is 0.325. The maximum atomic E-state index is 11.5. The molecule has 2 N–H and O–H groups in total. The fourth-order valence-corrected chi connectivity index (χ4v) is 2.32. The Bertz CT molecular complexity index is 259. The van der Waals surface area contributed by atoms with Gasteiger partial charge >= 0.3 is 6.09 Å². The van der Waals surface area contributed by atoms with Crippen LogP contribution in [0.15, 0.2) is 0 Å². The molecule has 0 bridgehead atoms. The summed E-state index contributed by atoms with van der Waals surface area (Å²) in [6.45, 7) is 11.8. The fraction of sp³-hybridized carbons (Fsp3) is 0.923. The Labute approximate surface area is 104 Å². The molecule has 1 rings (SSSR count). The van der Waals surface area contributed by atoms with Crippen LogP contribution >= 0.6 is 0 Å². The average Bonchev–Trinajstić information content (AvgIpc) is 2.59. The zero-order valence-electron chi connectivity index (χ0n) is 11.7. The summed E-state index contributed by atoms with van der Waals surface area (Å²) in [5.41, 5.74) is -0.426. The third-order valence-electron chi connectivity index (χ3n) is 3.12. The molecule has 17 heavy (non-hydrogen) atoms. The van der Waals surface area contributed by atoms with E-state index in [4.69, 9.17) is 4.74 Å².